The van der Waals surface area contributed by atoms with Gasteiger partial charge in [0.05, 0.1) is 29.1 Å². The minimum atomic E-state index is -1.10. The molecule has 42 heavy (non-hydrogen) atoms. The molecule has 0 bridgehead atoms. The highest BCUT2D eigenvalue weighted by Gasteiger charge is 2.50. The smallest absolute Gasteiger partial charge is 0.331 e. The fourth-order valence-electron chi connectivity index (χ4n) is 5.61. The largest absolute Gasteiger partial charge is 0.496 e. The third-order valence-corrected chi connectivity index (χ3v) is 7.60. The Morgan fingerprint density at radius 3 is 2.21 bits per heavy atom. The Labute approximate surface area is 244 Å². The number of fused-ring (bicyclic) bond motifs is 5. The fourth-order valence-corrected chi connectivity index (χ4v) is 5.61. The average Bonchev–Trinajstić information content (AvgIpc) is 2.97. The number of aryl methyl sites for hydroxylation is 1. The van der Waals surface area contributed by atoms with Gasteiger partial charge in [-0.3, -0.25) is 4.79 Å². The van der Waals surface area contributed by atoms with Crippen LogP contribution < -0.4 is 14.9 Å². The molecule has 1 aliphatic rings. The first-order valence-electron chi connectivity index (χ1n) is 14.1. The number of ether oxygens (including phenoxy) is 4. The van der Waals surface area contributed by atoms with Crippen LogP contribution in [-0.2, 0) is 26.1 Å². The number of carbonyl (C=O) groups excluding carboxylic acids is 2. The van der Waals surface area contributed by atoms with Crippen molar-refractivity contribution >= 4 is 44.5 Å². The van der Waals surface area contributed by atoms with Gasteiger partial charge >= 0.3 is 11.9 Å². The van der Waals surface area contributed by atoms with Gasteiger partial charge in [0.1, 0.15) is 17.1 Å². The number of pyridine rings is 1. The molecule has 8 nitrogen and oxygen atoms in total. The number of hydrogen-bond acceptors (Lipinski definition) is 7. The van der Waals surface area contributed by atoms with Crippen molar-refractivity contribution in [2.75, 3.05) is 7.11 Å². The van der Waals surface area contributed by atoms with Crippen LogP contribution in [-0.4, -0.2) is 35.3 Å². The van der Waals surface area contributed by atoms with Crippen molar-refractivity contribution in [2.24, 2.45) is 7.05 Å². The van der Waals surface area contributed by atoms with Gasteiger partial charge in [0, 0.05) is 30.7 Å². The van der Waals surface area contributed by atoms with E-state index in [0.717, 1.165) is 10.8 Å². The maximum Gasteiger partial charge on any atom is 0.331 e. The highest BCUT2D eigenvalue weighted by molar-refractivity contribution is 6.04. The van der Waals surface area contributed by atoms with E-state index in [1.54, 1.807) is 32.1 Å². The van der Waals surface area contributed by atoms with Gasteiger partial charge in [-0.05, 0) is 49.6 Å². The number of allylic oxidation sites excluding steroid dienone is 2. The summed E-state index contributed by atoms with van der Waals surface area (Å²) in [6.07, 6.45) is 5.26. The summed E-state index contributed by atoms with van der Waals surface area (Å²) in [5, 5.41) is 2.73. The van der Waals surface area contributed by atoms with Gasteiger partial charge in [0.15, 0.2) is 12.2 Å². The van der Waals surface area contributed by atoms with E-state index in [9.17, 15) is 14.4 Å². The fraction of sp³-hybridized carbons (Fsp3) is 0.324. The third kappa shape index (κ3) is 5.02. The first-order chi connectivity index (χ1) is 20.1. The molecule has 0 N–H and O–H groups in total. The van der Waals surface area contributed by atoms with Crippen LogP contribution in [0.15, 0.2) is 71.6 Å². The van der Waals surface area contributed by atoms with Crippen molar-refractivity contribution in [1.29, 1.82) is 0 Å². The molecule has 1 aromatic heterocycles. The van der Waals surface area contributed by atoms with Gasteiger partial charge in [0.2, 0.25) is 5.43 Å². The van der Waals surface area contributed by atoms with Crippen LogP contribution in [0.25, 0.3) is 32.6 Å². The Morgan fingerprint density at radius 2 is 1.60 bits per heavy atom. The van der Waals surface area contributed by atoms with E-state index in [1.807, 2.05) is 61.9 Å². The molecule has 5 rings (SSSR count). The molecule has 1 aliphatic heterocycles. The summed E-state index contributed by atoms with van der Waals surface area (Å²) in [7, 11) is 3.34. The highest BCUT2D eigenvalue weighted by Crippen LogP contribution is 2.49. The molecule has 0 saturated carbocycles. The number of carbonyl (C=O) groups is 2. The topological polar surface area (TPSA) is 93.1 Å². The zero-order chi connectivity index (χ0) is 30.2. The summed E-state index contributed by atoms with van der Waals surface area (Å²) in [5.74, 6) is -0.493. The zero-order valence-corrected chi connectivity index (χ0v) is 24.7. The first kappa shape index (κ1) is 28.9. The van der Waals surface area contributed by atoms with E-state index >= 15 is 0 Å². The predicted octanol–water partition coefficient (Wildman–Crippen LogP) is 6.45. The molecule has 2 atom stereocenters. The molecule has 0 saturated heterocycles. The summed E-state index contributed by atoms with van der Waals surface area (Å²) in [5.41, 5.74) is 0.239. The van der Waals surface area contributed by atoms with Gasteiger partial charge in [-0.15, -0.1) is 0 Å². The van der Waals surface area contributed by atoms with E-state index < -0.39 is 29.7 Å². The molecule has 0 radical (unpaired) electrons. The molecule has 2 heterocycles. The number of hydrogen-bond donors (Lipinski definition) is 0. The summed E-state index contributed by atoms with van der Waals surface area (Å²) in [6.45, 7) is 7.35. The van der Waals surface area contributed by atoms with E-state index in [0.29, 0.717) is 51.7 Å². The van der Waals surface area contributed by atoms with E-state index in [4.69, 9.17) is 18.9 Å². The lowest BCUT2D eigenvalue weighted by atomic mass is 9.86. The monoisotopic (exact) mass is 569 g/mol. The normalized spacial score (nSPS) is 18.0. The van der Waals surface area contributed by atoms with Crippen LogP contribution in [0.5, 0.6) is 11.5 Å². The molecular weight excluding hydrogens is 534 g/mol. The highest BCUT2D eigenvalue weighted by atomic mass is 16.6. The second kappa shape index (κ2) is 11.4. The lowest BCUT2D eigenvalue weighted by Crippen LogP contribution is -2.52. The molecule has 8 heteroatoms. The summed E-state index contributed by atoms with van der Waals surface area (Å²) < 4.78 is 26.1. The summed E-state index contributed by atoms with van der Waals surface area (Å²) >= 11 is 0. The first-order valence-corrected chi connectivity index (χ1v) is 14.1. The zero-order valence-electron chi connectivity index (χ0n) is 24.7. The van der Waals surface area contributed by atoms with Gasteiger partial charge in [-0.25, -0.2) is 9.59 Å². The van der Waals surface area contributed by atoms with Crippen molar-refractivity contribution < 1.29 is 28.5 Å². The number of benzene rings is 3. The number of nitrogens with zero attached hydrogens (tertiary/aromatic N) is 1. The maximum absolute atomic E-state index is 14.2. The minimum absolute atomic E-state index is 0.233. The average molecular weight is 570 g/mol. The van der Waals surface area contributed by atoms with Gasteiger partial charge in [-0.2, -0.15) is 0 Å². The lowest BCUT2D eigenvalue weighted by molar-refractivity contribution is -0.184. The molecule has 0 fully saturated rings. The molecule has 0 amide bonds. The molecule has 0 aliphatic carbocycles. The van der Waals surface area contributed by atoms with Gasteiger partial charge in [-0.1, -0.05) is 50.3 Å². The van der Waals surface area contributed by atoms with E-state index in [2.05, 4.69) is 0 Å². The number of aromatic nitrogens is 1. The van der Waals surface area contributed by atoms with Crippen molar-refractivity contribution in [3.63, 3.8) is 0 Å². The Bertz CT molecular complexity index is 1830. The molecular formula is C34H35NO7. The quantitative estimate of drug-likeness (QED) is 0.143. The van der Waals surface area contributed by atoms with Gasteiger partial charge in [0.25, 0.3) is 0 Å². The van der Waals surface area contributed by atoms with E-state index in [1.165, 1.54) is 19.3 Å². The number of esters is 2. The molecule has 218 valence electrons. The Morgan fingerprint density at radius 1 is 0.976 bits per heavy atom. The van der Waals surface area contributed by atoms with Gasteiger partial charge < -0.3 is 23.5 Å². The third-order valence-electron chi connectivity index (χ3n) is 7.60. The molecule has 3 aromatic carbocycles. The summed E-state index contributed by atoms with van der Waals surface area (Å²) in [6, 6.07) is 13.3. The molecule has 4 aromatic rings. The van der Waals surface area contributed by atoms with E-state index in [-0.39, 0.29) is 5.43 Å². The van der Waals surface area contributed by atoms with Crippen LogP contribution in [0.3, 0.4) is 0 Å². The lowest BCUT2D eigenvalue weighted by Gasteiger charge is -2.43. The van der Waals surface area contributed by atoms with Crippen LogP contribution >= 0.6 is 0 Å². The van der Waals surface area contributed by atoms with Crippen LogP contribution in [0.4, 0.5) is 0 Å². The standard InChI is InChI=1S/C34H35NO7/c1-7-9-15-26(36)40-32-29-25(42-34(3,4)33(32)41-27(37)16-10-8-2)19-24(39-6)28-30(29)35(5)23-18-21-14-12-11-13-20(21)17-22(23)31(28)38/h9-19,32-33H,7-8H2,1-6H3/b15-9+,16-10+. The Hall–Kier alpha value is -4.59. The van der Waals surface area contributed by atoms with Crippen LogP contribution in [0, 0.1) is 0 Å². The number of rotatable bonds is 7. The second-order valence-corrected chi connectivity index (χ2v) is 10.9. The minimum Gasteiger partial charge on any atom is -0.496 e. The Kier molecular flexibility index (Phi) is 7.82. The Balaban J connectivity index is 1.86. The van der Waals surface area contributed by atoms with Crippen LogP contribution in [0.1, 0.15) is 52.2 Å². The summed E-state index contributed by atoms with van der Waals surface area (Å²) in [4.78, 5) is 40.1. The molecule has 2 unspecified atom stereocenters. The van der Waals surface area contributed by atoms with Crippen LogP contribution in [0.2, 0.25) is 0 Å². The number of methoxy groups -OCH3 is 1. The maximum atomic E-state index is 14.2. The van der Waals surface area contributed by atoms with Crippen molar-refractivity contribution in [1.82, 2.24) is 4.57 Å². The van der Waals surface area contributed by atoms with Crippen molar-refractivity contribution in [3.8, 4) is 11.5 Å². The SMILES string of the molecule is CC/C=C/C(=O)OC1c2c(cc(OC)c3c(=O)c4cc5ccccc5cc4n(C)c23)OC(C)(C)C1OC(=O)/C=C/CC. The van der Waals surface area contributed by atoms with Crippen molar-refractivity contribution in [3.05, 3.63) is 82.6 Å². The predicted molar refractivity (Wildman–Crippen MR) is 163 cm³/mol. The van der Waals surface area contributed by atoms with Crippen molar-refractivity contribution in [2.45, 2.75) is 58.3 Å². The molecule has 0 spiro atoms. The second-order valence-electron chi connectivity index (χ2n) is 10.9.